The average Bonchev–Trinajstić information content (AvgIpc) is 2.58. The van der Waals surface area contributed by atoms with Gasteiger partial charge in [-0.2, -0.15) is 0 Å². The van der Waals surface area contributed by atoms with Gasteiger partial charge in [0.25, 0.3) is 0 Å². The van der Waals surface area contributed by atoms with Crippen molar-refractivity contribution in [1.82, 2.24) is 0 Å². The summed E-state index contributed by atoms with van der Waals surface area (Å²) in [5.41, 5.74) is 0.690. The quantitative estimate of drug-likeness (QED) is 0.466. The lowest BCUT2D eigenvalue weighted by molar-refractivity contribution is -0.136. The highest BCUT2D eigenvalue weighted by molar-refractivity contribution is 5.88. The number of rotatable bonds is 2. The lowest BCUT2D eigenvalue weighted by Crippen LogP contribution is -2.06. The van der Waals surface area contributed by atoms with Crippen molar-refractivity contribution < 1.29 is 14.3 Å². The average molecular weight is 170 g/mol. The smallest absolute Gasteiger partial charge is 0.337 e. The Hall–Kier alpha value is -0.990. The van der Waals surface area contributed by atoms with Crippen LogP contribution in [0.3, 0.4) is 0 Å². The second-order valence-electron chi connectivity index (χ2n) is 2.70. The molecule has 0 bridgehead atoms. The van der Waals surface area contributed by atoms with Gasteiger partial charge in [-0.1, -0.05) is 6.92 Å². The van der Waals surface area contributed by atoms with Gasteiger partial charge in [0.2, 0.25) is 0 Å². The number of carbonyl (C=O) groups excluding carboxylic acids is 1. The van der Waals surface area contributed by atoms with Crippen molar-refractivity contribution in [3.05, 3.63) is 11.3 Å². The predicted molar refractivity (Wildman–Crippen MR) is 44.5 cm³/mol. The van der Waals surface area contributed by atoms with Crippen LogP contribution in [0.25, 0.3) is 0 Å². The van der Waals surface area contributed by atoms with Crippen molar-refractivity contribution in [3.8, 4) is 0 Å². The maximum absolute atomic E-state index is 11.2. The molecule has 1 rings (SSSR count). The Morgan fingerprint density at radius 3 is 2.83 bits per heavy atom. The van der Waals surface area contributed by atoms with Crippen molar-refractivity contribution >= 4 is 5.97 Å². The summed E-state index contributed by atoms with van der Waals surface area (Å²) in [5.74, 6) is 0.568. The first-order valence-corrected chi connectivity index (χ1v) is 4.22. The highest BCUT2D eigenvalue weighted by atomic mass is 16.5. The van der Waals surface area contributed by atoms with Crippen LogP contribution in [0.5, 0.6) is 0 Å². The number of ether oxygens (including phenoxy) is 2. The summed E-state index contributed by atoms with van der Waals surface area (Å²) in [7, 11) is 1.40. The second-order valence-corrected chi connectivity index (χ2v) is 2.70. The van der Waals surface area contributed by atoms with Crippen LogP contribution in [0.2, 0.25) is 0 Å². The van der Waals surface area contributed by atoms with E-state index in [1.54, 1.807) is 0 Å². The molecule has 0 amide bonds. The molecule has 1 heterocycles. The van der Waals surface area contributed by atoms with Crippen molar-refractivity contribution in [1.29, 1.82) is 0 Å². The third-order valence-electron chi connectivity index (χ3n) is 1.95. The fraction of sp³-hybridized carbons (Fsp3) is 0.667. The summed E-state index contributed by atoms with van der Waals surface area (Å²) < 4.78 is 9.95. The van der Waals surface area contributed by atoms with Crippen LogP contribution in [0.4, 0.5) is 0 Å². The van der Waals surface area contributed by atoms with E-state index in [9.17, 15) is 4.79 Å². The molecular formula is C9H14O3. The van der Waals surface area contributed by atoms with Crippen molar-refractivity contribution in [2.75, 3.05) is 13.7 Å². The largest absolute Gasteiger partial charge is 0.497 e. The van der Waals surface area contributed by atoms with E-state index >= 15 is 0 Å². The van der Waals surface area contributed by atoms with Crippen LogP contribution in [0.1, 0.15) is 26.2 Å². The first-order valence-electron chi connectivity index (χ1n) is 4.22. The van der Waals surface area contributed by atoms with E-state index in [1.807, 2.05) is 6.92 Å². The molecule has 0 unspecified atom stereocenters. The maximum atomic E-state index is 11.2. The summed E-state index contributed by atoms with van der Waals surface area (Å²) >= 11 is 0. The number of hydrogen-bond acceptors (Lipinski definition) is 3. The molecular weight excluding hydrogens is 156 g/mol. The Labute approximate surface area is 72.4 Å². The van der Waals surface area contributed by atoms with Crippen LogP contribution in [-0.2, 0) is 14.3 Å². The molecule has 3 heteroatoms. The molecule has 0 aromatic rings. The summed E-state index contributed by atoms with van der Waals surface area (Å²) in [4.78, 5) is 11.2. The molecule has 68 valence electrons. The molecule has 1 saturated heterocycles. The Morgan fingerprint density at radius 1 is 1.67 bits per heavy atom. The van der Waals surface area contributed by atoms with E-state index in [1.165, 1.54) is 7.11 Å². The molecule has 1 fully saturated rings. The SMILES string of the molecule is CC/C(C(=O)OC)=C1/CCCO1. The van der Waals surface area contributed by atoms with Gasteiger partial charge in [-0.3, -0.25) is 0 Å². The molecule has 0 N–H and O–H groups in total. The molecule has 1 aliphatic heterocycles. The van der Waals surface area contributed by atoms with Gasteiger partial charge < -0.3 is 9.47 Å². The minimum atomic E-state index is -0.255. The molecule has 0 aromatic carbocycles. The summed E-state index contributed by atoms with van der Waals surface area (Å²) in [5, 5.41) is 0. The van der Waals surface area contributed by atoms with Gasteiger partial charge in [-0.15, -0.1) is 0 Å². The number of esters is 1. The standard InChI is InChI=1S/C9H14O3/c1-3-7(9(10)11-2)8-5-4-6-12-8/h3-6H2,1-2H3/b8-7+. The Balaban J connectivity index is 2.77. The number of methoxy groups -OCH3 is 1. The van der Waals surface area contributed by atoms with Gasteiger partial charge in [0.15, 0.2) is 0 Å². The van der Waals surface area contributed by atoms with Gasteiger partial charge in [-0.25, -0.2) is 4.79 Å². The van der Waals surface area contributed by atoms with Gasteiger partial charge in [0.1, 0.15) is 5.76 Å². The minimum absolute atomic E-state index is 0.255. The van der Waals surface area contributed by atoms with Crippen LogP contribution in [0, 0.1) is 0 Å². The molecule has 12 heavy (non-hydrogen) atoms. The molecule has 0 aliphatic carbocycles. The third kappa shape index (κ3) is 1.78. The van der Waals surface area contributed by atoms with E-state index in [-0.39, 0.29) is 5.97 Å². The Morgan fingerprint density at radius 2 is 2.42 bits per heavy atom. The van der Waals surface area contributed by atoms with Crippen LogP contribution in [-0.4, -0.2) is 19.7 Å². The number of carbonyl (C=O) groups is 1. The zero-order chi connectivity index (χ0) is 8.97. The van der Waals surface area contributed by atoms with Crippen molar-refractivity contribution in [2.45, 2.75) is 26.2 Å². The molecule has 0 aromatic heterocycles. The number of hydrogen-bond donors (Lipinski definition) is 0. The third-order valence-corrected chi connectivity index (χ3v) is 1.95. The van der Waals surface area contributed by atoms with Crippen molar-refractivity contribution in [3.63, 3.8) is 0 Å². The topological polar surface area (TPSA) is 35.5 Å². The van der Waals surface area contributed by atoms with Gasteiger partial charge in [0, 0.05) is 6.42 Å². The maximum Gasteiger partial charge on any atom is 0.337 e. The first kappa shape index (κ1) is 9.10. The number of allylic oxidation sites excluding steroid dienone is 1. The molecule has 1 aliphatic rings. The molecule has 3 nitrogen and oxygen atoms in total. The normalized spacial score (nSPS) is 20.2. The Kier molecular flexibility index (Phi) is 3.14. The van der Waals surface area contributed by atoms with E-state index in [2.05, 4.69) is 4.74 Å². The van der Waals surface area contributed by atoms with Gasteiger partial charge >= 0.3 is 5.97 Å². The van der Waals surface area contributed by atoms with Gasteiger partial charge in [-0.05, 0) is 12.8 Å². The zero-order valence-corrected chi connectivity index (χ0v) is 7.55. The Bertz CT molecular complexity index is 198. The zero-order valence-electron chi connectivity index (χ0n) is 7.55. The summed E-state index contributed by atoms with van der Waals surface area (Å²) in [6.07, 6.45) is 2.57. The van der Waals surface area contributed by atoms with Crippen LogP contribution < -0.4 is 0 Å². The van der Waals surface area contributed by atoms with Crippen LogP contribution in [0.15, 0.2) is 11.3 Å². The van der Waals surface area contributed by atoms with E-state index < -0.39 is 0 Å². The lowest BCUT2D eigenvalue weighted by atomic mass is 10.1. The van der Waals surface area contributed by atoms with E-state index in [0.29, 0.717) is 12.0 Å². The fourth-order valence-electron chi connectivity index (χ4n) is 1.32. The molecule has 0 radical (unpaired) electrons. The second kappa shape index (κ2) is 4.14. The molecule has 0 saturated carbocycles. The van der Waals surface area contributed by atoms with Crippen molar-refractivity contribution in [2.24, 2.45) is 0 Å². The van der Waals surface area contributed by atoms with Gasteiger partial charge in [0.05, 0.1) is 19.3 Å². The first-order chi connectivity index (χ1) is 5.79. The molecule has 0 spiro atoms. The van der Waals surface area contributed by atoms with Crippen LogP contribution >= 0.6 is 0 Å². The highest BCUT2D eigenvalue weighted by Crippen LogP contribution is 2.22. The monoisotopic (exact) mass is 170 g/mol. The summed E-state index contributed by atoms with van der Waals surface area (Å²) in [6.45, 7) is 2.66. The van der Waals surface area contributed by atoms with E-state index in [4.69, 9.17) is 4.74 Å². The highest BCUT2D eigenvalue weighted by Gasteiger charge is 2.18. The fourth-order valence-corrected chi connectivity index (χ4v) is 1.32. The summed E-state index contributed by atoms with van der Waals surface area (Å²) in [6, 6.07) is 0. The van der Waals surface area contributed by atoms with E-state index in [0.717, 1.165) is 25.2 Å². The minimum Gasteiger partial charge on any atom is -0.497 e. The lowest BCUT2D eigenvalue weighted by Gasteiger charge is -2.05. The molecule has 0 atom stereocenters. The predicted octanol–water partition coefficient (Wildman–Crippen LogP) is 1.63.